The lowest BCUT2D eigenvalue weighted by Crippen LogP contribution is -2.44. The Labute approximate surface area is 142 Å². The molecule has 1 aromatic rings. The number of rotatable bonds is 7. The first-order valence-corrected chi connectivity index (χ1v) is 8.47. The number of hydrogen-bond donors (Lipinski definition) is 1. The molecule has 1 N–H and O–H groups in total. The first-order chi connectivity index (χ1) is 11.5. The Kier molecular flexibility index (Phi) is 6.94. The summed E-state index contributed by atoms with van der Waals surface area (Å²) < 4.78 is 18.5. The zero-order valence-electron chi connectivity index (χ0n) is 14.2. The first kappa shape index (κ1) is 18.6. The van der Waals surface area contributed by atoms with Gasteiger partial charge >= 0.3 is 0 Å². The zero-order valence-corrected chi connectivity index (χ0v) is 14.2. The Morgan fingerprint density at radius 2 is 2.04 bits per heavy atom. The quantitative estimate of drug-likeness (QED) is 0.615. The van der Waals surface area contributed by atoms with Gasteiger partial charge in [-0.2, -0.15) is 0 Å². The standard InChI is InChI=1S/C19H26FNO3/c1-3-4-13-24-14(2)19(23)21-11-9-16(10-12-21)18(22)15-5-7-17(20)8-6-15/h3,5-8,14,16,18,22H,1,4,9-13H2,2H3. The fourth-order valence-electron chi connectivity index (χ4n) is 3.02. The van der Waals surface area contributed by atoms with E-state index in [9.17, 15) is 14.3 Å². The van der Waals surface area contributed by atoms with Gasteiger partial charge in [-0.1, -0.05) is 18.2 Å². The highest BCUT2D eigenvalue weighted by molar-refractivity contribution is 5.80. The maximum absolute atomic E-state index is 13.0. The van der Waals surface area contributed by atoms with Gasteiger partial charge in [0.25, 0.3) is 5.91 Å². The summed E-state index contributed by atoms with van der Waals surface area (Å²) in [4.78, 5) is 14.1. The zero-order chi connectivity index (χ0) is 17.5. The Balaban J connectivity index is 1.83. The summed E-state index contributed by atoms with van der Waals surface area (Å²) in [5.41, 5.74) is 0.724. The molecule has 24 heavy (non-hydrogen) atoms. The molecule has 1 aromatic carbocycles. The fourth-order valence-corrected chi connectivity index (χ4v) is 3.02. The first-order valence-electron chi connectivity index (χ1n) is 8.47. The highest BCUT2D eigenvalue weighted by Gasteiger charge is 2.30. The van der Waals surface area contributed by atoms with E-state index in [-0.39, 0.29) is 17.6 Å². The van der Waals surface area contributed by atoms with Crippen molar-refractivity contribution < 1.29 is 19.0 Å². The second-order valence-electron chi connectivity index (χ2n) is 6.25. The molecule has 1 aliphatic heterocycles. The highest BCUT2D eigenvalue weighted by atomic mass is 19.1. The number of piperidine rings is 1. The maximum atomic E-state index is 13.0. The van der Waals surface area contributed by atoms with Gasteiger partial charge in [-0.15, -0.1) is 6.58 Å². The predicted octanol–water partition coefficient (Wildman–Crippen LogP) is 3.08. The molecule has 2 rings (SSSR count). The van der Waals surface area contributed by atoms with Crippen LogP contribution in [0.1, 0.15) is 37.9 Å². The third-order valence-corrected chi connectivity index (χ3v) is 4.55. The van der Waals surface area contributed by atoms with Gasteiger partial charge in [-0.25, -0.2) is 4.39 Å². The largest absolute Gasteiger partial charge is 0.388 e. The van der Waals surface area contributed by atoms with Crippen LogP contribution in [-0.4, -0.2) is 41.7 Å². The topological polar surface area (TPSA) is 49.8 Å². The number of benzene rings is 1. The highest BCUT2D eigenvalue weighted by Crippen LogP contribution is 2.31. The van der Waals surface area contributed by atoms with Crippen LogP contribution in [0.5, 0.6) is 0 Å². The Hall–Kier alpha value is -1.72. The molecule has 0 radical (unpaired) electrons. The summed E-state index contributed by atoms with van der Waals surface area (Å²) in [6.07, 6.45) is 2.86. The van der Waals surface area contributed by atoms with Gasteiger partial charge in [0.1, 0.15) is 11.9 Å². The molecule has 2 unspecified atom stereocenters. The minimum Gasteiger partial charge on any atom is -0.388 e. The maximum Gasteiger partial charge on any atom is 0.251 e. The SMILES string of the molecule is C=CCCOC(C)C(=O)N1CCC(C(O)c2ccc(F)cc2)CC1. The van der Waals surface area contributed by atoms with Gasteiger partial charge < -0.3 is 14.7 Å². The average Bonchev–Trinajstić information content (AvgIpc) is 2.61. The monoisotopic (exact) mass is 335 g/mol. The van der Waals surface area contributed by atoms with Crippen molar-refractivity contribution in [2.75, 3.05) is 19.7 Å². The molecule has 0 saturated carbocycles. The van der Waals surface area contributed by atoms with E-state index >= 15 is 0 Å². The number of nitrogens with zero attached hydrogens (tertiary/aromatic N) is 1. The number of ether oxygens (including phenoxy) is 1. The van der Waals surface area contributed by atoms with Crippen LogP contribution < -0.4 is 0 Å². The van der Waals surface area contributed by atoms with E-state index in [1.54, 1.807) is 30.0 Å². The van der Waals surface area contributed by atoms with Crippen molar-refractivity contribution in [2.24, 2.45) is 5.92 Å². The molecule has 0 aliphatic carbocycles. The Morgan fingerprint density at radius 3 is 2.62 bits per heavy atom. The van der Waals surface area contributed by atoms with Crippen LogP contribution in [0.4, 0.5) is 4.39 Å². The molecule has 0 aromatic heterocycles. The molecule has 0 bridgehead atoms. The third kappa shape index (κ3) is 4.89. The molecule has 1 heterocycles. The van der Waals surface area contributed by atoms with Crippen LogP contribution in [0.15, 0.2) is 36.9 Å². The van der Waals surface area contributed by atoms with E-state index in [0.717, 1.165) is 24.8 Å². The summed E-state index contributed by atoms with van der Waals surface area (Å²) in [6, 6.07) is 5.96. The van der Waals surface area contributed by atoms with E-state index < -0.39 is 12.2 Å². The summed E-state index contributed by atoms with van der Waals surface area (Å²) in [7, 11) is 0. The molecule has 132 valence electrons. The molecule has 2 atom stereocenters. The van der Waals surface area contributed by atoms with Crippen molar-refractivity contribution in [3.63, 3.8) is 0 Å². The van der Waals surface area contributed by atoms with E-state index in [1.807, 2.05) is 0 Å². The fraction of sp³-hybridized carbons (Fsp3) is 0.526. The normalized spacial score (nSPS) is 18.2. The van der Waals surface area contributed by atoms with Crippen molar-refractivity contribution >= 4 is 5.91 Å². The Bertz CT molecular complexity index is 538. The smallest absolute Gasteiger partial charge is 0.251 e. The minimum atomic E-state index is -0.621. The molecular weight excluding hydrogens is 309 g/mol. The second-order valence-corrected chi connectivity index (χ2v) is 6.25. The molecule has 1 fully saturated rings. The van der Waals surface area contributed by atoms with Gasteiger partial charge in [0.2, 0.25) is 0 Å². The second kappa shape index (κ2) is 8.94. The predicted molar refractivity (Wildman–Crippen MR) is 90.9 cm³/mol. The lowest BCUT2D eigenvalue weighted by atomic mass is 9.87. The van der Waals surface area contributed by atoms with Gasteiger partial charge in [-0.05, 0) is 49.8 Å². The van der Waals surface area contributed by atoms with E-state index in [0.29, 0.717) is 19.7 Å². The summed E-state index contributed by atoms with van der Waals surface area (Å²) in [5, 5.41) is 10.5. The summed E-state index contributed by atoms with van der Waals surface area (Å²) in [5.74, 6) is -0.234. The van der Waals surface area contributed by atoms with Crippen molar-refractivity contribution in [3.8, 4) is 0 Å². The number of amides is 1. The number of carbonyl (C=O) groups is 1. The number of hydrogen-bond acceptors (Lipinski definition) is 3. The van der Waals surface area contributed by atoms with Crippen LogP contribution in [0, 0.1) is 11.7 Å². The van der Waals surface area contributed by atoms with Crippen molar-refractivity contribution in [1.82, 2.24) is 4.90 Å². The number of halogens is 1. The van der Waals surface area contributed by atoms with E-state index in [1.165, 1.54) is 12.1 Å². The Morgan fingerprint density at radius 1 is 1.42 bits per heavy atom. The van der Waals surface area contributed by atoms with Gasteiger partial charge in [0.15, 0.2) is 0 Å². The number of aliphatic hydroxyl groups excluding tert-OH is 1. The van der Waals surface area contributed by atoms with Crippen LogP contribution in [0.3, 0.4) is 0 Å². The van der Waals surface area contributed by atoms with Crippen LogP contribution >= 0.6 is 0 Å². The molecule has 5 heteroatoms. The number of carbonyl (C=O) groups excluding carboxylic acids is 1. The van der Waals surface area contributed by atoms with Crippen LogP contribution in [0.25, 0.3) is 0 Å². The van der Waals surface area contributed by atoms with Gasteiger partial charge in [-0.3, -0.25) is 4.79 Å². The van der Waals surface area contributed by atoms with E-state index in [2.05, 4.69) is 6.58 Å². The number of likely N-dealkylation sites (tertiary alicyclic amines) is 1. The minimum absolute atomic E-state index is 0.00576. The van der Waals surface area contributed by atoms with Crippen LogP contribution in [-0.2, 0) is 9.53 Å². The van der Waals surface area contributed by atoms with Gasteiger partial charge in [0, 0.05) is 13.1 Å². The molecule has 0 spiro atoms. The van der Waals surface area contributed by atoms with Crippen molar-refractivity contribution in [1.29, 1.82) is 0 Å². The number of aliphatic hydroxyl groups is 1. The van der Waals surface area contributed by atoms with Crippen LogP contribution in [0.2, 0.25) is 0 Å². The van der Waals surface area contributed by atoms with E-state index in [4.69, 9.17) is 4.74 Å². The van der Waals surface area contributed by atoms with Gasteiger partial charge in [0.05, 0.1) is 12.7 Å². The average molecular weight is 335 g/mol. The lowest BCUT2D eigenvalue weighted by Gasteiger charge is -2.35. The summed E-state index contributed by atoms with van der Waals surface area (Å²) >= 11 is 0. The molecule has 1 amide bonds. The molecule has 1 saturated heterocycles. The third-order valence-electron chi connectivity index (χ3n) is 4.55. The lowest BCUT2D eigenvalue weighted by molar-refractivity contribution is -0.144. The molecule has 1 aliphatic rings. The molecule has 4 nitrogen and oxygen atoms in total. The van der Waals surface area contributed by atoms with Crippen molar-refractivity contribution in [3.05, 3.63) is 48.3 Å². The van der Waals surface area contributed by atoms with Crippen molar-refractivity contribution in [2.45, 2.75) is 38.4 Å². The molecular formula is C19H26FNO3. The summed E-state index contributed by atoms with van der Waals surface area (Å²) in [6.45, 7) is 7.11.